The molecule has 0 unspecified atom stereocenters. The van der Waals surface area contributed by atoms with Crippen molar-refractivity contribution < 1.29 is 18.7 Å². The third-order valence-electron chi connectivity index (χ3n) is 4.00. The molecule has 6 nitrogen and oxygen atoms in total. The van der Waals surface area contributed by atoms with Crippen molar-refractivity contribution in [1.29, 1.82) is 0 Å². The molecule has 146 valence electrons. The van der Waals surface area contributed by atoms with Gasteiger partial charge < -0.3 is 19.2 Å². The Morgan fingerprint density at radius 3 is 2.64 bits per heavy atom. The van der Waals surface area contributed by atoms with Gasteiger partial charge in [0.15, 0.2) is 0 Å². The maximum absolute atomic E-state index is 12.0. The van der Waals surface area contributed by atoms with Gasteiger partial charge in [0.25, 0.3) is 0 Å². The number of carbonyl (C=O) groups is 1. The summed E-state index contributed by atoms with van der Waals surface area (Å²) in [5.41, 5.74) is 2.68. The molecule has 0 radical (unpaired) electrons. The number of hydrogen-bond donors (Lipinski definition) is 1. The predicted octanol–water partition coefficient (Wildman–Crippen LogP) is 3.91. The first-order chi connectivity index (χ1) is 13.7. The van der Waals surface area contributed by atoms with Gasteiger partial charge in [0, 0.05) is 17.9 Å². The third-order valence-corrected chi connectivity index (χ3v) is 4.96. The zero-order valence-corrected chi connectivity index (χ0v) is 16.6. The molecule has 0 atom stereocenters. The first-order valence-corrected chi connectivity index (χ1v) is 9.89. The Morgan fingerprint density at radius 2 is 1.89 bits per heavy atom. The van der Waals surface area contributed by atoms with E-state index in [0.29, 0.717) is 23.9 Å². The summed E-state index contributed by atoms with van der Waals surface area (Å²) >= 11 is 1.49. The second kappa shape index (κ2) is 9.85. The summed E-state index contributed by atoms with van der Waals surface area (Å²) in [5.74, 6) is 3.05. The van der Waals surface area contributed by atoms with E-state index in [1.54, 1.807) is 20.5 Å². The van der Waals surface area contributed by atoms with Crippen LogP contribution in [0.15, 0.2) is 59.2 Å². The summed E-state index contributed by atoms with van der Waals surface area (Å²) in [7, 11) is 3.25. The Balaban J connectivity index is 1.43. The average molecular weight is 398 g/mol. The number of aromatic nitrogens is 1. The van der Waals surface area contributed by atoms with E-state index in [4.69, 9.17) is 13.9 Å². The second-order valence-corrected chi connectivity index (χ2v) is 6.98. The SMILES string of the molecule is COc1ccc(-c2nc(CSCC(=O)NCc3cccc(OC)c3)co2)cc1. The van der Waals surface area contributed by atoms with E-state index >= 15 is 0 Å². The fourth-order valence-corrected chi connectivity index (χ4v) is 3.25. The lowest BCUT2D eigenvalue weighted by Gasteiger charge is -2.06. The highest BCUT2D eigenvalue weighted by molar-refractivity contribution is 7.99. The van der Waals surface area contributed by atoms with Crippen molar-refractivity contribution in [1.82, 2.24) is 10.3 Å². The Kier molecular flexibility index (Phi) is 6.97. The van der Waals surface area contributed by atoms with Crippen LogP contribution in [0.2, 0.25) is 0 Å². The zero-order chi connectivity index (χ0) is 19.8. The van der Waals surface area contributed by atoms with Crippen molar-refractivity contribution in [3.8, 4) is 23.0 Å². The van der Waals surface area contributed by atoms with Gasteiger partial charge in [-0.05, 0) is 42.0 Å². The van der Waals surface area contributed by atoms with Crippen molar-refractivity contribution in [2.45, 2.75) is 12.3 Å². The van der Waals surface area contributed by atoms with Gasteiger partial charge in [-0.3, -0.25) is 4.79 Å². The zero-order valence-electron chi connectivity index (χ0n) is 15.8. The van der Waals surface area contributed by atoms with E-state index in [1.807, 2.05) is 48.5 Å². The molecule has 0 saturated heterocycles. The summed E-state index contributed by atoms with van der Waals surface area (Å²) < 4.78 is 15.9. The van der Waals surface area contributed by atoms with Crippen LogP contribution in [0.25, 0.3) is 11.5 Å². The fraction of sp³-hybridized carbons (Fsp3) is 0.238. The molecular formula is C21H22N2O4S. The first kappa shape index (κ1) is 19.8. The summed E-state index contributed by atoms with van der Waals surface area (Å²) in [4.78, 5) is 16.5. The van der Waals surface area contributed by atoms with Gasteiger partial charge in [0.1, 0.15) is 17.8 Å². The van der Waals surface area contributed by atoms with Crippen LogP contribution in [0.1, 0.15) is 11.3 Å². The van der Waals surface area contributed by atoms with E-state index in [0.717, 1.165) is 28.3 Å². The molecule has 0 spiro atoms. The van der Waals surface area contributed by atoms with E-state index < -0.39 is 0 Å². The molecule has 0 saturated carbocycles. The molecule has 28 heavy (non-hydrogen) atoms. The molecule has 0 aliphatic heterocycles. The van der Waals surface area contributed by atoms with Crippen LogP contribution in [0.5, 0.6) is 11.5 Å². The second-order valence-electron chi connectivity index (χ2n) is 5.99. The monoisotopic (exact) mass is 398 g/mol. The number of oxazole rings is 1. The maximum Gasteiger partial charge on any atom is 0.230 e. The van der Waals surface area contributed by atoms with E-state index in [9.17, 15) is 4.79 Å². The van der Waals surface area contributed by atoms with Gasteiger partial charge in [0.2, 0.25) is 11.8 Å². The highest BCUT2D eigenvalue weighted by Gasteiger charge is 2.08. The van der Waals surface area contributed by atoms with Crippen molar-refractivity contribution in [3.63, 3.8) is 0 Å². The molecule has 1 N–H and O–H groups in total. The number of ether oxygens (including phenoxy) is 2. The third kappa shape index (κ3) is 5.53. The van der Waals surface area contributed by atoms with Crippen molar-refractivity contribution in [3.05, 3.63) is 66.1 Å². The standard InChI is InChI=1S/C21H22N2O4S/c1-25-18-8-6-16(7-9-18)21-23-17(12-27-21)13-28-14-20(24)22-11-15-4-3-5-19(10-15)26-2/h3-10,12H,11,13-14H2,1-2H3,(H,22,24). The molecule has 2 aromatic carbocycles. The summed E-state index contributed by atoms with van der Waals surface area (Å²) in [6, 6.07) is 15.2. The number of methoxy groups -OCH3 is 2. The van der Waals surface area contributed by atoms with Crippen LogP contribution in [0.3, 0.4) is 0 Å². The van der Waals surface area contributed by atoms with Gasteiger partial charge in [0.05, 0.1) is 25.7 Å². The number of nitrogens with zero attached hydrogens (tertiary/aromatic N) is 1. The number of hydrogen-bond acceptors (Lipinski definition) is 6. The van der Waals surface area contributed by atoms with Crippen molar-refractivity contribution >= 4 is 17.7 Å². The first-order valence-electron chi connectivity index (χ1n) is 8.74. The largest absolute Gasteiger partial charge is 0.497 e. The Hall–Kier alpha value is -2.93. The molecule has 0 aliphatic carbocycles. The highest BCUT2D eigenvalue weighted by atomic mass is 32.2. The van der Waals surface area contributed by atoms with Crippen LogP contribution in [0.4, 0.5) is 0 Å². The minimum atomic E-state index is -0.0216. The summed E-state index contributed by atoms with van der Waals surface area (Å²) in [5, 5.41) is 2.91. The number of amides is 1. The van der Waals surface area contributed by atoms with Crippen molar-refractivity contribution in [2.24, 2.45) is 0 Å². The molecule has 0 aliphatic rings. The van der Waals surface area contributed by atoms with E-state index in [2.05, 4.69) is 10.3 Å². The van der Waals surface area contributed by atoms with Gasteiger partial charge in [-0.25, -0.2) is 4.98 Å². The van der Waals surface area contributed by atoms with Crippen LogP contribution in [0, 0.1) is 0 Å². The van der Waals surface area contributed by atoms with Crippen molar-refractivity contribution in [2.75, 3.05) is 20.0 Å². The van der Waals surface area contributed by atoms with Gasteiger partial charge in [-0.2, -0.15) is 0 Å². The van der Waals surface area contributed by atoms with Crippen LogP contribution in [-0.2, 0) is 17.1 Å². The Labute approximate surface area is 168 Å². The summed E-state index contributed by atoms with van der Waals surface area (Å²) in [6.45, 7) is 0.474. The lowest BCUT2D eigenvalue weighted by atomic mass is 10.2. The summed E-state index contributed by atoms with van der Waals surface area (Å²) in [6.07, 6.45) is 1.63. The predicted molar refractivity (Wildman–Crippen MR) is 109 cm³/mol. The molecule has 0 bridgehead atoms. The average Bonchev–Trinajstić information content (AvgIpc) is 3.21. The number of thioether (sulfide) groups is 1. The molecule has 3 aromatic rings. The maximum atomic E-state index is 12.0. The Bertz CT molecular complexity index is 909. The molecular weight excluding hydrogens is 376 g/mol. The molecule has 1 aromatic heterocycles. The Morgan fingerprint density at radius 1 is 1.11 bits per heavy atom. The smallest absolute Gasteiger partial charge is 0.230 e. The quantitative estimate of drug-likeness (QED) is 0.589. The minimum absolute atomic E-state index is 0.0216. The molecule has 1 heterocycles. The lowest BCUT2D eigenvalue weighted by molar-refractivity contribution is -0.118. The van der Waals surface area contributed by atoms with Crippen LogP contribution in [-0.4, -0.2) is 30.9 Å². The molecule has 3 rings (SSSR count). The lowest BCUT2D eigenvalue weighted by Crippen LogP contribution is -2.24. The van der Waals surface area contributed by atoms with Crippen LogP contribution >= 0.6 is 11.8 Å². The van der Waals surface area contributed by atoms with E-state index in [-0.39, 0.29) is 5.91 Å². The number of benzene rings is 2. The van der Waals surface area contributed by atoms with Gasteiger partial charge in [-0.1, -0.05) is 12.1 Å². The minimum Gasteiger partial charge on any atom is -0.497 e. The van der Waals surface area contributed by atoms with Gasteiger partial charge >= 0.3 is 0 Å². The normalized spacial score (nSPS) is 10.5. The highest BCUT2D eigenvalue weighted by Crippen LogP contribution is 2.23. The molecule has 0 fully saturated rings. The molecule has 1 amide bonds. The number of carbonyl (C=O) groups excluding carboxylic acids is 1. The molecule has 7 heteroatoms. The number of rotatable bonds is 9. The number of nitrogens with one attached hydrogen (secondary N) is 1. The fourth-order valence-electron chi connectivity index (χ4n) is 2.52. The van der Waals surface area contributed by atoms with E-state index in [1.165, 1.54) is 11.8 Å². The topological polar surface area (TPSA) is 73.6 Å². The van der Waals surface area contributed by atoms with Crippen LogP contribution < -0.4 is 14.8 Å². The van der Waals surface area contributed by atoms with Gasteiger partial charge in [-0.15, -0.1) is 11.8 Å².